The summed E-state index contributed by atoms with van der Waals surface area (Å²) in [4.78, 5) is 0. The van der Waals surface area contributed by atoms with Crippen molar-refractivity contribution in [2.45, 2.75) is 44.1 Å². The second kappa shape index (κ2) is 3.89. The number of hydrogen-bond donors (Lipinski definition) is 1. The summed E-state index contributed by atoms with van der Waals surface area (Å²) in [6.07, 6.45) is 7.36. The molecule has 1 heteroatoms. The van der Waals surface area contributed by atoms with Crippen LogP contribution in [0.1, 0.15) is 44.1 Å². The molecule has 0 unspecified atom stereocenters. The normalized spacial score (nSPS) is 38.3. The molecule has 16 heavy (non-hydrogen) atoms. The van der Waals surface area contributed by atoms with Gasteiger partial charge in [-0.3, -0.25) is 0 Å². The van der Waals surface area contributed by atoms with E-state index in [0.29, 0.717) is 5.92 Å². The molecule has 0 aliphatic heterocycles. The van der Waals surface area contributed by atoms with E-state index in [-0.39, 0.29) is 0 Å². The third-order valence-electron chi connectivity index (χ3n) is 4.44. The Kier molecular flexibility index (Phi) is 2.51. The van der Waals surface area contributed by atoms with Crippen molar-refractivity contribution in [3.05, 3.63) is 35.9 Å². The van der Waals surface area contributed by atoms with Crippen LogP contribution in [0.5, 0.6) is 0 Å². The van der Waals surface area contributed by atoms with Crippen molar-refractivity contribution in [3.63, 3.8) is 0 Å². The van der Waals surface area contributed by atoms with Gasteiger partial charge < -0.3 is 5.11 Å². The molecule has 0 radical (unpaired) electrons. The molecule has 86 valence electrons. The second-order valence-electron chi connectivity index (χ2n) is 5.49. The lowest BCUT2D eigenvalue weighted by molar-refractivity contribution is -0.00709. The van der Waals surface area contributed by atoms with Crippen LogP contribution in [0, 0.1) is 11.8 Å². The molecule has 0 amide bonds. The smallest absolute Gasteiger partial charge is 0.0927 e. The first kappa shape index (κ1) is 10.3. The number of aliphatic hydroxyl groups is 1. The zero-order valence-corrected chi connectivity index (χ0v) is 9.73. The lowest BCUT2D eigenvalue weighted by Crippen LogP contribution is -2.30. The molecular weight excluding hydrogens is 196 g/mol. The molecule has 0 aromatic heterocycles. The van der Waals surface area contributed by atoms with Gasteiger partial charge in [-0.2, -0.15) is 0 Å². The molecule has 0 spiro atoms. The second-order valence-corrected chi connectivity index (χ2v) is 5.49. The van der Waals surface area contributed by atoms with E-state index in [4.69, 9.17) is 0 Å². The number of fused-ring (bicyclic) bond motifs is 1. The Labute approximate surface area is 97.5 Å². The van der Waals surface area contributed by atoms with Crippen LogP contribution in [0.2, 0.25) is 0 Å². The van der Waals surface area contributed by atoms with Crippen LogP contribution in [-0.2, 0) is 5.60 Å². The van der Waals surface area contributed by atoms with E-state index >= 15 is 0 Å². The summed E-state index contributed by atoms with van der Waals surface area (Å²) in [5.74, 6) is 1.33. The molecule has 2 saturated carbocycles. The maximum absolute atomic E-state index is 11.0. The molecule has 2 aliphatic carbocycles. The van der Waals surface area contributed by atoms with Gasteiger partial charge in [0, 0.05) is 0 Å². The lowest BCUT2D eigenvalue weighted by Gasteiger charge is -2.31. The monoisotopic (exact) mass is 216 g/mol. The minimum absolute atomic E-state index is 0.521. The molecule has 0 saturated heterocycles. The molecule has 2 fully saturated rings. The largest absolute Gasteiger partial charge is 0.385 e. The third-order valence-corrected chi connectivity index (χ3v) is 4.44. The van der Waals surface area contributed by atoms with Crippen molar-refractivity contribution in [1.29, 1.82) is 0 Å². The van der Waals surface area contributed by atoms with E-state index in [9.17, 15) is 5.11 Å². The third kappa shape index (κ3) is 1.67. The molecule has 3 atom stereocenters. The Morgan fingerprint density at radius 3 is 2.69 bits per heavy atom. The van der Waals surface area contributed by atoms with Crippen LogP contribution in [0.25, 0.3) is 0 Å². The van der Waals surface area contributed by atoms with E-state index in [1.54, 1.807) is 0 Å². The first-order valence-corrected chi connectivity index (χ1v) is 6.58. The zero-order chi connectivity index (χ0) is 11.0. The van der Waals surface area contributed by atoms with E-state index in [1.165, 1.54) is 32.1 Å². The maximum Gasteiger partial charge on any atom is 0.0927 e. The summed E-state index contributed by atoms with van der Waals surface area (Å²) in [6.45, 7) is 0. The van der Waals surface area contributed by atoms with Gasteiger partial charge in [0.15, 0.2) is 0 Å². The predicted molar refractivity (Wildman–Crippen MR) is 65.0 cm³/mol. The van der Waals surface area contributed by atoms with E-state index in [0.717, 1.165) is 17.9 Å². The highest BCUT2D eigenvalue weighted by atomic mass is 16.3. The van der Waals surface area contributed by atoms with Crippen molar-refractivity contribution in [2.75, 3.05) is 0 Å². The Bertz CT molecular complexity index is 359. The van der Waals surface area contributed by atoms with Crippen molar-refractivity contribution >= 4 is 0 Å². The van der Waals surface area contributed by atoms with E-state index < -0.39 is 5.60 Å². The van der Waals surface area contributed by atoms with Crippen LogP contribution >= 0.6 is 0 Å². The quantitative estimate of drug-likeness (QED) is 0.762. The summed E-state index contributed by atoms with van der Waals surface area (Å²) in [5, 5.41) is 11.0. The standard InChI is InChI=1S/C15H20O/c16-15(13-8-4-1-5-9-13)10-6-2-3-7-12-11-14(12)15/h1,4-5,8-9,12,14,16H,2-3,6-7,10-11H2/t12-,14+,15-/m0/s1. The van der Waals surface area contributed by atoms with Crippen molar-refractivity contribution in [3.8, 4) is 0 Å². The van der Waals surface area contributed by atoms with Gasteiger partial charge in [0.05, 0.1) is 5.60 Å². The zero-order valence-electron chi connectivity index (χ0n) is 9.73. The van der Waals surface area contributed by atoms with E-state index in [1.807, 2.05) is 18.2 Å². The molecule has 1 aromatic rings. The minimum atomic E-state index is -0.521. The first-order valence-electron chi connectivity index (χ1n) is 6.58. The molecular formula is C15H20O. The van der Waals surface area contributed by atoms with Gasteiger partial charge in [-0.05, 0) is 30.2 Å². The van der Waals surface area contributed by atoms with Crippen LogP contribution in [0.15, 0.2) is 30.3 Å². The molecule has 0 bridgehead atoms. The SMILES string of the molecule is O[C@]1(c2ccccc2)CCCCC[C@H]2C[C@H]21. The van der Waals surface area contributed by atoms with Crippen LogP contribution in [-0.4, -0.2) is 5.11 Å². The molecule has 1 aromatic carbocycles. The van der Waals surface area contributed by atoms with Gasteiger partial charge in [-0.25, -0.2) is 0 Å². The Hall–Kier alpha value is -0.820. The van der Waals surface area contributed by atoms with Crippen LogP contribution < -0.4 is 0 Å². The summed E-state index contributed by atoms with van der Waals surface area (Å²) >= 11 is 0. The van der Waals surface area contributed by atoms with Crippen molar-refractivity contribution in [1.82, 2.24) is 0 Å². The van der Waals surface area contributed by atoms with Gasteiger partial charge in [-0.1, -0.05) is 56.0 Å². The average molecular weight is 216 g/mol. The Morgan fingerprint density at radius 1 is 1.06 bits per heavy atom. The maximum atomic E-state index is 11.0. The highest BCUT2D eigenvalue weighted by Gasteiger charge is 2.52. The number of benzene rings is 1. The number of rotatable bonds is 1. The van der Waals surface area contributed by atoms with Gasteiger partial charge in [0.2, 0.25) is 0 Å². The highest BCUT2D eigenvalue weighted by Crippen LogP contribution is 2.56. The fraction of sp³-hybridized carbons (Fsp3) is 0.600. The molecule has 3 rings (SSSR count). The summed E-state index contributed by atoms with van der Waals surface area (Å²) in [5.41, 5.74) is 0.621. The number of hydrogen-bond acceptors (Lipinski definition) is 1. The van der Waals surface area contributed by atoms with Crippen molar-refractivity contribution in [2.24, 2.45) is 11.8 Å². The molecule has 1 nitrogen and oxygen atoms in total. The average Bonchev–Trinajstić information content (AvgIpc) is 3.07. The van der Waals surface area contributed by atoms with Gasteiger partial charge in [-0.15, -0.1) is 0 Å². The molecule has 2 aliphatic rings. The molecule has 1 N–H and O–H groups in total. The van der Waals surface area contributed by atoms with Crippen LogP contribution in [0.3, 0.4) is 0 Å². The Balaban J connectivity index is 1.90. The highest BCUT2D eigenvalue weighted by molar-refractivity contribution is 5.26. The fourth-order valence-corrected chi connectivity index (χ4v) is 3.40. The van der Waals surface area contributed by atoms with Crippen LogP contribution in [0.4, 0.5) is 0 Å². The topological polar surface area (TPSA) is 20.2 Å². The van der Waals surface area contributed by atoms with Crippen molar-refractivity contribution < 1.29 is 5.11 Å². The van der Waals surface area contributed by atoms with Gasteiger partial charge >= 0.3 is 0 Å². The first-order chi connectivity index (χ1) is 7.81. The predicted octanol–water partition coefficient (Wildman–Crippen LogP) is 3.47. The summed E-state index contributed by atoms with van der Waals surface area (Å²) in [6, 6.07) is 10.3. The summed E-state index contributed by atoms with van der Waals surface area (Å²) in [7, 11) is 0. The lowest BCUT2D eigenvalue weighted by atomic mass is 9.81. The summed E-state index contributed by atoms with van der Waals surface area (Å²) < 4.78 is 0. The van der Waals surface area contributed by atoms with E-state index in [2.05, 4.69) is 12.1 Å². The Morgan fingerprint density at radius 2 is 1.88 bits per heavy atom. The molecule has 0 heterocycles. The fourth-order valence-electron chi connectivity index (χ4n) is 3.40. The minimum Gasteiger partial charge on any atom is -0.385 e. The van der Waals surface area contributed by atoms with Gasteiger partial charge in [0.25, 0.3) is 0 Å². The van der Waals surface area contributed by atoms with Gasteiger partial charge in [0.1, 0.15) is 0 Å².